The Morgan fingerprint density at radius 2 is 1.85 bits per heavy atom. The van der Waals surface area contributed by atoms with Crippen molar-refractivity contribution < 1.29 is 29.0 Å². The highest BCUT2D eigenvalue weighted by molar-refractivity contribution is 6.05. The van der Waals surface area contributed by atoms with Crippen LogP contribution < -0.4 is 4.90 Å². The molecule has 3 heterocycles. The van der Waals surface area contributed by atoms with Gasteiger partial charge in [0, 0.05) is 25.4 Å². The number of aliphatic hydroxyl groups is 1. The van der Waals surface area contributed by atoms with Crippen molar-refractivity contribution in [1.82, 2.24) is 4.90 Å². The third-order valence-corrected chi connectivity index (χ3v) is 9.46. The van der Waals surface area contributed by atoms with E-state index >= 15 is 0 Å². The standard InChI is InChI=1S/C33H46N2O6/c1-7-9-20-40-31(39)26-25-29(37)35(18-12-10-11-13-19-36)28(33(25)21-24(5)32(26,6)41-33)30(38)34(17-8-2)27-22(3)15-14-16-23(27)4/h7-8,14-16,24-26,28,36H,1-2,9-13,17-21H2,3-6H3/t24?,25-,26-,28?,32+,33?/m0/s1. The molecule has 3 aliphatic heterocycles. The highest BCUT2D eigenvalue weighted by atomic mass is 16.6. The number of anilines is 1. The lowest BCUT2D eigenvalue weighted by Gasteiger charge is -2.38. The number of amides is 2. The fourth-order valence-electron chi connectivity index (χ4n) is 7.50. The minimum atomic E-state index is -1.13. The zero-order valence-corrected chi connectivity index (χ0v) is 25.1. The van der Waals surface area contributed by atoms with Gasteiger partial charge in [-0.1, -0.05) is 50.1 Å². The van der Waals surface area contributed by atoms with Crippen molar-refractivity contribution in [3.05, 3.63) is 54.6 Å². The van der Waals surface area contributed by atoms with E-state index < -0.39 is 35.0 Å². The first-order valence-corrected chi connectivity index (χ1v) is 15.0. The van der Waals surface area contributed by atoms with E-state index in [9.17, 15) is 19.5 Å². The number of hydrogen-bond donors (Lipinski definition) is 1. The lowest BCUT2D eigenvalue weighted by atomic mass is 9.62. The van der Waals surface area contributed by atoms with Crippen molar-refractivity contribution in [1.29, 1.82) is 0 Å². The zero-order valence-electron chi connectivity index (χ0n) is 25.1. The van der Waals surface area contributed by atoms with Gasteiger partial charge in [0.25, 0.3) is 5.91 Å². The lowest BCUT2D eigenvalue weighted by molar-refractivity contribution is -0.161. The number of hydrogen-bond acceptors (Lipinski definition) is 6. The molecule has 224 valence electrons. The third-order valence-electron chi connectivity index (χ3n) is 9.46. The smallest absolute Gasteiger partial charge is 0.312 e. The lowest BCUT2D eigenvalue weighted by Crippen LogP contribution is -2.57. The van der Waals surface area contributed by atoms with E-state index in [1.54, 1.807) is 22.0 Å². The van der Waals surface area contributed by atoms with Crippen molar-refractivity contribution >= 4 is 23.5 Å². The van der Waals surface area contributed by atoms with E-state index in [0.717, 1.165) is 29.7 Å². The maximum Gasteiger partial charge on any atom is 0.312 e. The molecule has 0 saturated carbocycles. The van der Waals surface area contributed by atoms with Crippen molar-refractivity contribution in [3.63, 3.8) is 0 Å². The number of fused-ring (bicyclic) bond motifs is 1. The minimum Gasteiger partial charge on any atom is -0.465 e. The number of carbonyl (C=O) groups is 3. The molecule has 41 heavy (non-hydrogen) atoms. The molecule has 3 fully saturated rings. The molecule has 0 radical (unpaired) electrons. The molecule has 0 aromatic heterocycles. The van der Waals surface area contributed by atoms with Gasteiger partial charge in [-0.2, -0.15) is 0 Å². The van der Waals surface area contributed by atoms with Gasteiger partial charge < -0.3 is 24.4 Å². The van der Waals surface area contributed by atoms with Crippen LogP contribution in [0.15, 0.2) is 43.5 Å². The van der Waals surface area contributed by atoms with Crippen LogP contribution in [0, 0.1) is 31.6 Å². The molecular formula is C33H46N2O6. The van der Waals surface area contributed by atoms with Crippen LogP contribution in [-0.2, 0) is 23.9 Å². The second kappa shape index (κ2) is 12.5. The van der Waals surface area contributed by atoms with E-state index in [0.29, 0.717) is 32.2 Å². The minimum absolute atomic E-state index is 0.0589. The number of rotatable bonds is 14. The first-order valence-electron chi connectivity index (χ1n) is 15.0. The Morgan fingerprint density at radius 3 is 2.49 bits per heavy atom. The van der Waals surface area contributed by atoms with E-state index in [1.165, 1.54) is 0 Å². The molecule has 3 saturated heterocycles. The van der Waals surface area contributed by atoms with Crippen LogP contribution in [-0.4, -0.2) is 71.3 Å². The molecule has 1 N–H and O–H groups in total. The summed E-state index contributed by atoms with van der Waals surface area (Å²) in [4.78, 5) is 46.1. The van der Waals surface area contributed by atoms with E-state index in [-0.39, 0.29) is 37.5 Å². The summed E-state index contributed by atoms with van der Waals surface area (Å²) in [5, 5.41) is 9.20. The highest BCUT2D eigenvalue weighted by Crippen LogP contribution is 2.65. The molecule has 2 amide bonds. The Kier molecular flexibility index (Phi) is 9.44. The van der Waals surface area contributed by atoms with E-state index in [4.69, 9.17) is 9.47 Å². The number of likely N-dealkylation sites (tertiary alicyclic amines) is 1. The molecule has 6 atom stereocenters. The Labute approximate surface area is 244 Å². The summed E-state index contributed by atoms with van der Waals surface area (Å²) >= 11 is 0. The molecule has 4 rings (SSSR count). The third kappa shape index (κ3) is 5.25. The van der Waals surface area contributed by atoms with Crippen LogP contribution in [0.4, 0.5) is 5.69 Å². The first-order chi connectivity index (χ1) is 19.6. The average Bonchev–Trinajstić information content (AvgIpc) is 3.44. The number of benzene rings is 1. The molecule has 3 unspecified atom stereocenters. The molecule has 2 bridgehead atoms. The van der Waals surface area contributed by atoms with Crippen LogP contribution in [0.2, 0.25) is 0 Å². The molecule has 8 nitrogen and oxygen atoms in total. The molecule has 8 heteroatoms. The summed E-state index contributed by atoms with van der Waals surface area (Å²) in [5.41, 5.74) is 0.661. The monoisotopic (exact) mass is 566 g/mol. The number of nitrogens with zero attached hydrogens (tertiary/aromatic N) is 2. The Hall–Kier alpha value is -2.97. The summed E-state index contributed by atoms with van der Waals surface area (Å²) in [7, 11) is 0. The van der Waals surface area contributed by atoms with Gasteiger partial charge in [-0.25, -0.2) is 0 Å². The van der Waals surface area contributed by atoms with Crippen LogP contribution in [0.1, 0.15) is 63.5 Å². The van der Waals surface area contributed by atoms with Crippen molar-refractivity contribution in [2.45, 2.75) is 83.5 Å². The predicted octanol–water partition coefficient (Wildman–Crippen LogP) is 4.51. The van der Waals surface area contributed by atoms with Gasteiger partial charge in [-0.15, -0.1) is 13.2 Å². The molecule has 1 spiro atoms. The molecular weight excluding hydrogens is 520 g/mol. The van der Waals surface area contributed by atoms with E-state index in [2.05, 4.69) is 13.2 Å². The number of para-hydroxylation sites is 1. The normalized spacial score (nSPS) is 29.9. The second-order valence-corrected chi connectivity index (χ2v) is 12.1. The second-order valence-electron chi connectivity index (χ2n) is 12.1. The number of esters is 1. The number of aliphatic hydroxyl groups excluding tert-OH is 1. The summed E-state index contributed by atoms with van der Waals surface area (Å²) < 4.78 is 12.5. The number of carbonyl (C=O) groups excluding carboxylic acids is 3. The van der Waals surface area contributed by atoms with Gasteiger partial charge in [-0.3, -0.25) is 14.4 Å². The van der Waals surface area contributed by atoms with E-state index in [1.807, 2.05) is 45.9 Å². The summed E-state index contributed by atoms with van der Waals surface area (Å²) in [6.45, 7) is 16.5. The van der Waals surface area contributed by atoms with Gasteiger partial charge in [-0.05, 0) is 63.5 Å². The molecule has 3 aliphatic rings. The summed E-state index contributed by atoms with van der Waals surface area (Å²) in [5.74, 6) is -2.54. The van der Waals surface area contributed by atoms with Gasteiger partial charge in [0.15, 0.2) is 0 Å². The Balaban J connectivity index is 1.78. The largest absolute Gasteiger partial charge is 0.465 e. The number of unbranched alkanes of at least 4 members (excludes halogenated alkanes) is 3. The van der Waals surface area contributed by atoms with Gasteiger partial charge in [0.05, 0.1) is 18.1 Å². The average molecular weight is 567 g/mol. The maximum absolute atomic E-state index is 14.8. The van der Waals surface area contributed by atoms with Gasteiger partial charge in [0.2, 0.25) is 5.91 Å². The van der Waals surface area contributed by atoms with Crippen LogP contribution in [0.3, 0.4) is 0 Å². The van der Waals surface area contributed by atoms with Crippen LogP contribution in [0.25, 0.3) is 0 Å². The van der Waals surface area contributed by atoms with Gasteiger partial charge >= 0.3 is 5.97 Å². The van der Waals surface area contributed by atoms with Crippen LogP contribution in [0.5, 0.6) is 0 Å². The topological polar surface area (TPSA) is 96.4 Å². The quantitative estimate of drug-likeness (QED) is 0.202. The Morgan fingerprint density at radius 1 is 1.17 bits per heavy atom. The number of ether oxygens (including phenoxy) is 2. The van der Waals surface area contributed by atoms with Crippen molar-refractivity contribution in [2.24, 2.45) is 17.8 Å². The fraction of sp³-hybridized carbons (Fsp3) is 0.606. The summed E-state index contributed by atoms with van der Waals surface area (Å²) in [6.07, 6.45) is 7.44. The van der Waals surface area contributed by atoms with Crippen LogP contribution >= 0.6 is 0 Å². The molecule has 1 aromatic carbocycles. The first kappa shape index (κ1) is 31.0. The van der Waals surface area contributed by atoms with Crippen molar-refractivity contribution in [2.75, 3.05) is 31.2 Å². The zero-order chi connectivity index (χ0) is 29.9. The maximum atomic E-state index is 14.8. The number of aryl methyl sites for hydroxylation is 2. The molecule has 0 aliphatic carbocycles. The fourth-order valence-corrected chi connectivity index (χ4v) is 7.50. The Bertz CT molecular complexity index is 1160. The summed E-state index contributed by atoms with van der Waals surface area (Å²) in [6, 6.07) is 5.03. The highest BCUT2D eigenvalue weighted by Gasteiger charge is 2.80. The predicted molar refractivity (Wildman–Crippen MR) is 158 cm³/mol. The van der Waals surface area contributed by atoms with Gasteiger partial charge in [0.1, 0.15) is 17.6 Å². The molecule has 1 aromatic rings. The van der Waals surface area contributed by atoms with Crippen molar-refractivity contribution in [3.8, 4) is 0 Å². The SMILES string of the molecule is C=CCCOC(=O)[C@@H]1[C@H]2C(=O)N(CCCCCCO)C(C(=O)N(CC=C)c3c(C)cccc3C)C23CC(C)[C@@]1(C)O3.